The third-order valence-corrected chi connectivity index (χ3v) is 7.34. The number of amides is 3. The topological polar surface area (TPSA) is 117 Å². The molecule has 2 aliphatic rings. The minimum atomic E-state index is -0.279. The lowest BCUT2D eigenvalue weighted by Gasteiger charge is -2.40. The zero-order chi connectivity index (χ0) is 21.8. The summed E-state index contributed by atoms with van der Waals surface area (Å²) in [5.41, 5.74) is 14.1. The van der Waals surface area contributed by atoms with Gasteiger partial charge in [-0.2, -0.15) is 0 Å². The average Bonchev–Trinajstić information content (AvgIpc) is 2.98. The number of nitrogens with two attached hydrogens (primary N) is 2. The number of unbranched alkanes of at least 4 members (excludes halogenated alkanes) is 1. The van der Waals surface area contributed by atoms with Gasteiger partial charge in [0.1, 0.15) is 5.00 Å². The van der Waals surface area contributed by atoms with E-state index in [2.05, 4.69) is 17.6 Å². The Kier molecular flexibility index (Phi) is 7.60. The Morgan fingerprint density at radius 2 is 2.00 bits per heavy atom. The molecule has 8 nitrogen and oxygen atoms in total. The van der Waals surface area contributed by atoms with E-state index in [1.54, 1.807) is 11.3 Å². The van der Waals surface area contributed by atoms with E-state index in [0.717, 1.165) is 44.2 Å². The first-order valence-corrected chi connectivity index (χ1v) is 11.8. The predicted molar refractivity (Wildman–Crippen MR) is 123 cm³/mol. The Morgan fingerprint density at radius 3 is 2.70 bits per heavy atom. The van der Waals surface area contributed by atoms with Crippen LogP contribution in [0.4, 0.5) is 15.5 Å². The lowest BCUT2D eigenvalue weighted by Crippen LogP contribution is -2.55. The second-order valence-electron chi connectivity index (χ2n) is 8.78. The van der Waals surface area contributed by atoms with Crippen LogP contribution in [0.2, 0.25) is 0 Å². The van der Waals surface area contributed by atoms with Crippen LogP contribution in [0.15, 0.2) is 0 Å². The van der Waals surface area contributed by atoms with Gasteiger partial charge in [0, 0.05) is 37.1 Å². The summed E-state index contributed by atoms with van der Waals surface area (Å²) in [6, 6.07) is 0.0650. The molecule has 1 aromatic heterocycles. The number of urea groups is 1. The molecule has 0 radical (unpaired) electrons. The van der Waals surface area contributed by atoms with Crippen molar-refractivity contribution in [1.29, 1.82) is 0 Å². The molecule has 0 unspecified atom stereocenters. The first kappa shape index (κ1) is 22.8. The van der Waals surface area contributed by atoms with Crippen molar-refractivity contribution in [1.82, 2.24) is 20.4 Å². The molecule has 2 heterocycles. The maximum absolute atomic E-state index is 13.3. The summed E-state index contributed by atoms with van der Waals surface area (Å²) in [4.78, 5) is 30.7. The van der Waals surface area contributed by atoms with Crippen LogP contribution < -0.4 is 22.1 Å². The molecule has 1 saturated heterocycles. The summed E-state index contributed by atoms with van der Waals surface area (Å²) in [5.74, 6) is 0.0724. The van der Waals surface area contributed by atoms with Gasteiger partial charge in [-0.15, -0.1) is 11.3 Å². The molecule has 3 rings (SSSR count). The lowest BCUT2D eigenvalue weighted by atomic mass is 9.75. The van der Waals surface area contributed by atoms with Gasteiger partial charge in [0.05, 0.1) is 11.6 Å². The van der Waals surface area contributed by atoms with Gasteiger partial charge in [0.25, 0.3) is 0 Å². The standard InChI is InChI=1S/C21H36N6O2S/c1-4-5-7-27(21(29)24-6-8-26(2)3)20(28)14-9-13-10-15-17(11-16(13)25-12-14)30-19(23)18(15)22/h13-14,16,25H,4-12,22-23H2,1-3H3,(H,24,29)/t13-,14-,16-/m1/s1. The number of anilines is 2. The second kappa shape index (κ2) is 9.98. The molecule has 0 bridgehead atoms. The number of imide groups is 1. The van der Waals surface area contributed by atoms with Gasteiger partial charge in [-0.1, -0.05) is 13.3 Å². The minimum absolute atomic E-state index is 0.0691. The maximum atomic E-state index is 13.3. The Labute approximate surface area is 183 Å². The predicted octanol–water partition coefficient (Wildman–Crippen LogP) is 1.51. The highest BCUT2D eigenvalue weighted by molar-refractivity contribution is 7.16. The van der Waals surface area contributed by atoms with Gasteiger partial charge in [-0.25, -0.2) is 4.79 Å². The SMILES string of the molecule is CCCCN(C(=O)NCCN(C)C)C(=O)[C@H]1CN[C@@H]2Cc3sc(N)c(N)c3C[C@H]2C1. The van der Waals surface area contributed by atoms with Crippen molar-refractivity contribution in [2.24, 2.45) is 11.8 Å². The van der Waals surface area contributed by atoms with Crippen LogP contribution in [0.25, 0.3) is 0 Å². The summed E-state index contributed by atoms with van der Waals surface area (Å²) in [6.07, 6.45) is 4.29. The maximum Gasteiger partial charge on any atom is 0.324 e. The fourth-order valence-electron chi connectivity index (χ4n) is 4.46. The van der Waals surface area contributed by atoms with Gasteiger partial charge in [0.15, 0.2) is 0 Å². The molecule has 0 saturated carbocycles. The molecule has 30 heavy (non-hydrogen) atoms. The molecule has 9 heteroatoms. The van der Waals surface area contributed by atoms with Crippen molar-refractivity contribution in [3.05, 3.63) is 10.4 Å². The monoisotopic (exact) mass is 436 g/mol. The third-order valence-electron chi connectivity index (χ3n) is 6.25. The number of nitrogens with zero attached hydrogens (tertiary/aromatic N) is 2. The number of hydrogen-bond acceptors (Lipinski definition) is 7. The van der Waals surface area contributed by atoms with Crippen LogP contribution >= 0.6 is 11.3 Å². The summed E-state index contributed by atoms with van der Waals surface area (Å²) in [7, 11) is 3.92. The number of hydrogen-bond donors (Lipinski definition) is 4. The Morgan fingerprint density at radius 1 is 1.23 bits per heavy atom. The van der Waals surface area contributed by atoms with Crippen LogP contribution in [0.1, 0.15) is 36.6 Å². The Bertz CT molecular complexity index is 765. The van der Waals surface area contributed by atoms with E-state index in [-0.39, 0.29) is 17.9 Å². The van der Waals surface area contributed by atoms with Gasteiger partial charge >= 0.3 is 6.03 Å². The van der Waals surface area contributed by atoms with Crippen molar-refractivity contribution < 1.29 is 9.59 Å². The molecule has 168 valence electrons. The smallest absolute Gasteiger partial charge is 0.324 e. The van der Waals surface area contributed by atoms with Crippen molar-refractivity contribution in [3.8, 4) is 0 Å². The molecule has 1 aliphatic heterocycles. The van der Waals surface area contributed by atoms with Crippen LogP contribution in [0.5, 0.6) is 0 Å². The molecule has 3 atom stereocenters. The van der Waals surface area contributed by atoms with Crippen molar-refractivity contribution in [3.63, 3.8) is 0 Å². The number of nitrogens with one attached hydrogen (secondary N) is 2. The van der Waals surface area contributed by atoms with Gasteiger partial charge in [-0.3, -0.25) is 9.69 Å². The van der Waals surface area contributed by atoms with Gasteiger partial charge in [-0.05, 0) is 51.3 Å². The molecule has 1 aromatic rings. The quantitative estimate of drug-likeness (QED) is 0.515. The molecular weight excluding hydrogens is 400 g/mol. The van der Waals surface area contributed by atoms with E-state index in [4.69, 9.17) is 11.5 Å². The highest BCUT2D eigenvalue weighted by atomic mass is 32.1. The van der Waals surface area contributed by atoms with E-state index >= 15 is 0 Å². The van der Waals surface area contributed by atoms with Gasteiger partial charge in [0.2, 0.25) is 5.91 Å². The molecule has 3 amide bonds. The first-order chi connectivity index (χ1) is 14.3. The van der Waals surface area contributed by atoms with Crippen LogP contribution in [-0.4, -0.2) is 68.1 Å². The fourth-order valence-corrected chi connectivity index (χ4v) is 5.53. The van der Waals surface area contributed by atoms with Crippen molar-refractivity contribution >= 4 is 34.0 Å². The van der Waals surface area contributed by atoms with Crippen molar-refractivity contribution in [2.75, 3.05) is 51.7 Å². The van der Waals surface area contributed by atoms with Crippen molar-refractivity contribution in [2.45, 2.75) is 45.1 Å². The number of nitrogen functional groups attached to an aromatic ring is 2. The van der Waals surface area contributed by atoms with Gasteiger partial charge < -0.3 is 27.0 Å². The van der Waals surface area contributed by atoms with Crippen LogP contribution in [0, 0.1) is 11.8 Å². The number of likely N-dealkylation sites (N-methyl/N-ethyl adjacent to an activating group) is 1. The summed E-state index contributed by atoms with van der Waals surface area (Å²) >= 11 is 1.59. The largest absolute Gasteiger partial charge is 0.396 e. The molecule has 0 aromatic carbocycles. The average molecular weight is 437 g/mol. The molecule has 1 fully saturated rings. The molecular formula is C21H36N6O2S. The number of fused-ring (bicyclic) bond motifs is 2. The zero-order valence-electron chi connectivity index (χ0n) is 18.4. The molecule has 6 N–H and O–H groups in total. The number of piperidine rings is 1. The number of carbonyl (C=O) groups excluding carboxylic acids is 2. The number of thiophene rings is 1. The van der Waals surface area contributed by atoms with Crippen LogP contribution in [-0.2, 0) is 17.6 Å². The Balaban J connectivity index is 1.65. The second-order valence-corrected chi connectivity index (χ2v) is 9.91. The summed E-state index contributed by atoms with van der Waals surface area (Å²) in [6.45, 7) is 4.40. The lowest BCUT2D eigenvalue weighted by molar-refractivity contribution is -0.134. The Hall–Kier alpha value is -1.84. The number of carbonyl (C=O) groups is 2. The minimum Gasteiger partial charge on any atom is -0.396 e. The highest BCUT2D eigenvalue weighted by Gasteiger charge is 2.40. The molecule has 1 aliphatic carbocycles. The summed E-state index contributed by atoms with van der Waals surface area (Å²) in [5, 5.41) is 7.17. The fraction of sp³-hybridized carbons (Fsp3) is 0.714. The van der Waals surface area contributed by atoms with E-state index in [1.165, 1.54) is 9.78 Å². The third kappa shape index (κ3) is 5.07. The highest BCUT2D eigenvalue weighted by Crippen LogP contribution is 2.42. The zero-order valence-corrected chi connectivity index (χ0v) is 19.2. The first-order valence-electron chi connectivity index (χ1n) is 10.9. The normalized spacial score (nSPS) is 23.0. The number of rotatable bonds is 7. The van der Waals surface area contributed by atoms with E-state index in [1.807, 2.05) is 19.0 Å². The van der Waals surface area contributed by atoms with E-state index < -0.39 is 0 Å². The van der Waals surface area contributed by atoms with E-state index in [9.17, 15) is 9.59 Å². The summed E-state index contributed by atoms with van der Waals surface area (Å²) < 4.78 is 0. The molecule has 0 spiro atoms. The van der Waals surface area contributed by atoms with Crippen LogP contribution in [0.3, 0.4) is 0 Å². The van der Waals surface area contributed by atoms with E-state index in [0.29, 0.717) is 42.3 Å².